The molecule has 10 heteroatoms. The molecule has 0 aliphatic carbocycles. The van der Waals surface area contributed by atoms with Crippen molar-refractivity contribution < 1.29 is 28.2 Å². The molecule has 1 aliphatic rings. The number of nitrogens with one attached hydrogen (secondary N) is 1. The number of halogens is 3. The number of carbonyl (C=O) groups excluding carboxylic acids is 1. The summed E-state index contributed by atoms with van der Waals surface area (Å²) >= 11 is 6.89. The summed E-state index contributed by atoms with van der Waals surface area (Å²) in [5.41, 5.74) is 0. The Morgan fingerprint density at radius 1 is 1.52 bits per heavy atom. The molecule has 1 fully saturated rings. The van der Waals surface area contributed by atoms with Crippen molar-refractivity contribution in [3.8, 4) is 0 Å². The average molecular weight is 369 g/mol. The third-order valence-corrected chi connectivity index (χ3v) is 4.58. The Morgan fingerprint density at radius 3 is 2.83 bits per heavy atom. The van der Waals surface area contributed by atoms with Gasteiger partial charge in [-0.1, -0.05) is 11.6 Å². The van der Waals surface area contributed by atoms with Crippen LogP contribution in [0.25, 0.3) is 0 Å². The molecule has 0 bridgehead atoms. The highest BCUT2D eigenvalue weighted by Crippen LogP contribution is 2.23. The third-order valence-electron chi connectivity index (χ3n) is 3.35. The maximum Gasteiger partial charge on any atom is 0.407 e. The number of nitrogens with zero attached hydrogens (tertiary/aromatic N) is 1. The lowest BCUT2D eigenvalue weighted by Crippen LogP contribution is -2.39. The highest BCUT2D eigenvalue weighted by atomic mass is 35.5. The monoisotopic (exact) mass is 368 g/mol. The molecular weight excluding hydrogens is 354 g/mol. The van der Waals surface area contributed by atoms with Crippen molar-refractivity contribution in [2.75, 3.05) is 19.8 Å². The molecule has 2 heterocycles. The molecule has 2 atom stereocenters. The van der Waals surface area contributed by atoms with Gasteiger partial charge in [0.05, 0.1) is 21.9 Å². The third kappa shape index (κ3) is 5.02. The summed E-state index contributed by atoms with van der Waals surface area (Å²) in [7, 11) is 0. The van der Waals surface area contributed by atoms with Gasteiger partial charge in [-0.25, -0.2) is 13.6 Å². The van der Waals surface area contributed by atoms with Gasteiger partial charge < -0.3 is 20.1 Å². The first-order valence-electron chi connectivity index (χ1n) is 6.78. The van der Waals surface area contributed by atoms with Crippen LogP contribution in [0.15, 0.2) is 12.1 Å². The molecule has 1 saturated heterocycles. The Labute approximate surface area is 140 Å². The lowest BCUT2D eigenvalue weighted by Gasteiger charge is -2.20. The summed E-state index contributed by atoms with van der Waals surface area (Å²) in [6.45, 7) is -0.786. The van der Waals surface area contributed by atoms with Gasteiger partial charge in [-0.2, -0.15) is 0 Å². The van der Waals surface area contributed by atoms with Crippen molar-refractivity contribution in [2.24, 2.45) is 0 Å². The van der Waals surface area contributed by atoms with Crippen molar-refractivity contribution in [3.63, 3.8) is 0 Å². The van der Waals surface area contributed by atoms with E-state index in [9.17, 15) is 18.4 Å². The lowest BCUT2D eigenvalue weighted by molar-refractivity contribution is -0.0000580. The van der Waals surface area contributed by atoms with E-state index in [2.05, 4.69) is 5.32 Å². The quantitative estimate of drug-likeness (QED) is 0.808. The SMILES string of the molecule is O=C(N[C@@H]1C[C@@H](COCC(F)F)N(C(=O)O)C1)c1ccc(Cl)s1. The fourth-order valence-corrected chi connectivity index (χ4v) is 3.35. The van der Waals surface area contributed by atoms with Crippen LogP contribution in [-0.4, -0.2) is 60.3 Å². The van der Waals surface area contributed by atoms with Crippen molar-refractivity contribution in [2.45, 2.75) is 24.9 Å². The molecule has 0 unspecified atom stereocenters. The first kappa shape index (κ1) is 17.9. The van der Waals surface area contributed by atoms with Crippen molar-refractivity contribution in [1.29, 1.82) is 0 Å². The van der Waals surface area contributed by atoms with E-state index in [1.807, 2.05) is 0 Å². The molecule has 23 heavy (non-hydrogen) atoms. The van der Waals surface area contributed by atoms with Gasteiger partial charge in [-0.3, -0.25) is 4.79 Å². The van der Waals surface area contributed by atoms with Gasteiger partial charge in [0.2, 0.25) is 0 Å². The number of thiophene rings is 1. The van der Waals surface area contributed by atoms with E-state index in [4.69, 9.17) is 21.4 Å². The molecule has 0 saturated carbocycles. The van der Waals surface area contributed by atoms with Crippen LogP contribution in [0.4, 0.5) is 13.6 Å². The minimum Gasteiger partial charge on any atom is -0.465 e. The standard InChI is InChI=1S/C13H15ClF2N2O4S/c14-10-2-1-9(23-10)12(19)17-7-3-8(5-22-6-11(15)16)18(4-7)13(20)21/h1-2,7-8,11H,3-6H2,(H,17,19)(H,20,21)/t7-,8+/m1/s1. The van der Waals surface area contributed by atoms with Crippen LogP contribution in [0.1, 0.15) is 16.1 Å². The van der Waals surface area contributed by atoms with E-state index in [0.29, 0.717) is 15.6 Å². The van der Waals surface area contributed by atoms with Gasteiger partial charge in [0.1, 0.15) is 6.61 Å². The maximum atomic E-state index is 12.1. The van der Waals surface area contributed by atoms with E-state index in [-0.39, 0.29) is 19.1 Å². The summed E-state index contributed by atoms with van der Waals surface area (Å²) in [5, 5.41) is 11.9. The van der Waals surface area contributed by atoms with Crippen molar-refractivity contribution in [3.05, 3.63) is 21.3 Å². The predicted molar refractivity (Wildman–Crippen MR) is 80.5 cm³/mol. The molecule has 1 aromatic rings. The zero-order valence-electron chi connectivity index (χ0n) is 11.9. The van der Waals surface area contributed by atoms with Gasteiger partial charge in [-0.05, 0) is 18.6 Å². The zero-order chi connectivity index (χ0) is 17.0. The maximum absolute atomic E-state index is 12.1. The van der Waals surface area contributed by atoms with Gasteiger partial charge in [-0.15, -0.1) is 11.3 Å². The highest BCUT2D eigenvalue weighted by Gasteiger charge is 2.36. The van der Waals surface area contributed by atoms with Crippen molar-refractivity contribution in [1.82, 2.24) is 10.2 Å². The molecule has 1 aliphatic heterocycles. The molecule has 0 radical (unpaired) electrons. The second-order valence-electron chi connectivity index (χ2n) is 5.03. The van der Waals surface area contributed by atoms with Crippen LogP contribution in [-0.2, 0) is 4.74 Å². The molecule has 2 N–H and O–H groups in total. The second kappa shape index (κ2) is 7.89. The van der Waals surface area contributed by atoms with Crippen LogP contribution in [0.2, 0.25) is 4.34 Å². The van der Waals surface area contributed by atoms with Crippen LogP contribution in [0.3, 0.4) is 0 Å². The normalized spacial score (nSPS) is 21.0. The van der Waals surface area contributed by atoms with E-state index in [1.165, 1.54) is 0 Å². The zero-order valence-corrected chi connectivity index (χ0v) is 13.4. The van der Waals surface area contributed by atoms with Gasteiger partial charge >= 0.3 is 6.09 Å². The van der Waals surface area contributed by atoms with E-state index in [1.54, 1.807) is 12.1 Å². The Morgan fingerprint density at radius 2 is 2.26 bits per heavy atom. The Bertz CT molecular complexity index is 572. The summed E-state index contributed by atoms with van der Waals surface area (Å²) < 4.78 is 29.5. The molecule has 1 aromatic heterocycles. The van der Waals surface area contributed by atoms with E-state index in [0.717, 1.165) is 16.2 Å². The Kier molecular flexibility index (Phi) is 6.14. The summed E-state index contributed by atoms with van der Waals surface area (Å²) in [6, 6.07) is 2.21. The molecular formula is C13H15ClF2N2O4S. The average Bonchev–Trinajstić information content (AvgIpc) is 3.05. The largest absolute Gasteiger partial charge is 0.465 e. The van der Waals surface area contributed by atoms with Crippen LogP contribution < -0.4 is 5.32 Å². The molecule has 0 aromatic carbocycles. The van der Waals surface area contributed by atoms with Crippen LogP contribution in [0.5, 0.6) is 0 Å². The number of hydrogen-bond acceptors (Lipinski definition) is 4. The minimum atomic E-state index is -2.60. The summed E-state index contributed by atoms with van der Waals surface area (Å²) in [5.74, 6) is -0.341. The number of amides is 2. The number of hydrogen-bond donors (Lipinski definition) is 2. The fraction of sp³-hybridized carbons (Fsp3) is 0.538. The molecule has 2 rings (SSSR count). The number of carbonyl (C=O) groups is 2. The predicted octanol–water partition coefficient (Wildman–Crippen LogP) is 2.53. The Hall–Kier alpha value is -1.45. The minimum absolute atomic E-state index is 0.0862. The molecule has 2 amide bonds. The van der Waals surface area contributed by atoms with Crippen molar-refractivity contribution >= 4 is 34.9 Å². The van der Waals surface area contributed by atoms with Crippen LogP contribution >= 0.6 is 22.9 Å². The molecule has 0 spiro atoms. The molecule has 6 nitrogen and oxygen atoms in total. The lowest BCUT2D eigenvalue weighted by atomic mass is 10.2. The molecule has 128 valence electrons. The fourth-order valence-electron chi connectivity index (χ4n) is 2.40. The number of rotatable bonds is 6. The first-order valence-corrected chi connectivity index (χ1v) is 7.98. The summed E-state index contributed by atoms with van der Waals surface area (Å²) in [4.78, 5) is 24.8. The van der Waals surface area contributed by atoms with Gasteiger partial charge in [0, 0.05) is 12.6 Å². The summed E-state index contributed by atoms with van der Waals surface area (Å²) in [6.07, 6.45) is -3.47. The number of ether oxygens (including phenoxy) is 1. The smallest absolute Gasteiger partial charge is 0.407 e. The first-order chi connectivity index (χ1) is 10.9. The van der Waals surface area contributed by atoms with Crippen LogP contribution in [0, 0.1) is 0 Å². The van der Waals surface area contributed by atoms with Gasteiger partial charge in [0.15, 0.2) is 0 Å². The number of alkyl halides is 2. The van der Waals surface area contributed by atoms with Gasteiger partial charge in [0.25, 0.3) is 12.3 Å². The van der Waals surface area contributed by atoms with E-state index < -0.39 is 31.2 Å². The Balaban J connectivity index is 1.91. The number of likely N-dealkylation sites (tertiary alicyclic amines) is 1. The topological polar surface area (TPSA) is 78.9 Å². The van der Waals surface area contributed by atoms with E-state index >= 15 is 0 Å². The number of carboxylic acid groups (broad SMARTS) is 1. The second-order valence-corrected chi connectivity index (χ2v) is 6.74. The highest BCUT2D eigenvalue weighted by molar-refractivity contribution is 7.17.